The van der Waals surface area contributed by atoms with Crippen molar-refractivity contribution in [3.8, 4) is 0 Å². The SMILES string of the molecule is COC(=O)c1c(C)nn2c1ncc1c(=O)n(CCCO)ccc12. The summed E-state index contributed by atoms with van der Waals surface area (Å²) < 4.78 is 7.76. The van der Waals surface area contributed by atoms with Crippen LogP contribution in [-0.2, 0) is 11.3 Å². The summed E-state index contributed by atoms with van der Waals surface area (Å²) in [5.74, 6) is -0.513. The van der Waals surface area contributed by atoms with Crippen molar-refractivity contribution in [2.24, 2.45) is 0 Å². The molecule has 0 saturated heterocycles. The van der Waals surface area contributed by atoms with Gasteiger partial charge in [-0.1, -0.05) is 0 Å². The molecule has 0 fully saturated rings. The van der Waals surface area contributed by atoms with Crippen molar-refractivity contribution in [3.63, 3.8) is 0 Å². The first-order chi connectivity index (χ1) is 11.1. The highest BCUT2D eigenvalue weighted by molar-refractivity contribution is 5.98. The van der Waals surface area contributed by atoms with Gasteiger partial charge in [0.1, 0.15) is 5.56 Å². The number of ether oxygens (including phenoxy) is 1. The number of carbonyl (C=O) groups excluding carboxylic acids is 1. The molecule has 3 aromatic rings. The number of aliphatic hydroxyl groups excluding tert-OH is 1. The lowest BCUT2D eigenvalue weighted by Crippen LogP contribution is -2.21. The fourth-order valence-electron chi connectivity index (χ4n) is 2.57. The summed E-state index contributed by atoms with van der Waals surface area (Å²) in [6, 6.07) is 1.75. The maximum atomic E-state index is 12.5. The molecular weight excluding hydrogens is 300 g/mol. The van der Waals surface area contributed by atoms with E-state index in [4.69, 9.17) is 9.84 Å². The maximum absolute atomic E-state index is 12.5. The summed E-state index contributed by atoms with van der Waals surface area (Å²) in [6.07, 6.45) is 3.58. The number of aryl methyl sites for hydroxylation is 2. The molecule has 0 amide bonds. The summed E-state index contributed by atoms with van der Waals surface area (Å²) >= 11 is 0. The Kier molecular flexibility index (Phi) is 3.83. The number of methoxy groups -OCH3 is 1. The molecule has 0 radical (unpaired) electrons. The van der Waals surface area contributed by atoms with E-state index in [0.29, 0.717) is 40.8 Å². The molecule has 3 rings (SSSR count). The Hall–Kier alpha value is -2.74. The Morgan fingerprint density at radius 3 is 2.91 bits per heavy atom. The smallest absolute Gasteiger partial charge is 0.343 e. The first kappa shape index (κ1) is 15.2. The minimum Gasteiger partial charge on any atom is -0.465 e. The molecule has 0 unspecified atom stereocenters. The van der Waals surface area contributed by atoms with Crippen LogP contribution in [-0.4, -0.2) is 44.0 Å². The second-order valence-corrected chi connectivity index (χ2v) is 5.14. The summed E-state index contributed by atoms with van der Waals surface area (Å²) in [6.45, 7) is 2.13. The third-order valence-electron chi connectivity index (χ3n) is 3.71. The van der Waals surface area contributed by atoms with Gasteiger partial charge in [-0.05, 0) is 19.4 Å². The number of aromatic nitrogens is 4. The minimum atomic E-state index is -0.513. The van der Waals surface area contributed by atoms with Crippen molar-refractivity contribution in [1.29, 1.82) is 0 Å². The standard InChI is InChI=1S/C15H16N4O4/c1-9-12(15(22)23-2)13-16-8-10-11(19(13)17-9)4-6-18(14(10)21)5-3-7-20/h4,6,8,20H,3,5,7H2,1-2H3. The molecule has 0 aliphatic rings. The van der Waals surface area contributed by atoms with Gasteiger partial charge in [-0.2, -0.15) is 5.10 Å². The molecule has 0 bridgehead atoms. The molecule has 0 atom stereocenters. The van der Waals surface area contributed by atoms with Gasteiger partial charge in [0.25, 0.3) is 5.56 Å². The van der Waals surface area contributed by atoms with Gasteiger partial charge in [-0.3, -0.25) is 4.79 Å². The summed E-state index contributed by atoms with van der Waals surface area (Å²) in [5.41, 5.74) is 1.49. The zero-order chi connectivity index (χ0) is 16.6. The number of carbonyl (C=O) groups is 1. The van der Waals surface area contributed by atoms with Gasteiger partial charge < -0.3 is 14.4 Å². The van der Waals surface area contributed by atoms with Crippen LogP contribution in [0.15, 0.2) is 23.3 Å². The summed E-state index contributed by atoms with van der Waals surface area (Å²) in [4.78, 5) is 28.6. The fourth-order valence-corrected chi connectivity index (χ4v) is 2.57. The lowest BCUT2D eigenvalue weighted by molar-refractivity contribution is 0.0602. The highest BCUT2D eigenvalue weighted by Crippen LogP contribution is 2.18. The van der Waals surface area contributed by atoms with Crippen LogP contribution in [0.1, 0.15) is 22.5 Å². The van der Waals surface area contributed by atoms with Crippen molar-refractivity contribution in [2.45, 2.75) is 19.9 Å². The molecule has 0 spiro atoms. The zero-order valence-corrected chi connectivity index (χ0v) is 12.8. The summed E-state index contributed by atoms with van der Waals surface area (Å²) in [7, 11) is 1.30. The largest absolute Gasteiger partial charge is 0.465 e. The Morgan fingerprint density at radius 2 is 2.22 bits per heavy atom. The highest BCUT2D eigenvalue weighted by Gasteiger charge is 2.20. The number of fused-ring (bicyclic) bond motifs is 3. The van der Waals surface area contributed by atoms with Crippen LogP contribution in [0.5, 0.6) is 0 Å². The molecule has 0 aliphatic heterocycles. The number of rotatable bonds is 4. The molecule has 0 aliphatic carbocycles. The van der Waals surface area contributed by atoms with Gasteiger partial charge in [-0.25, -0.2) is 14.3 Å². The Morgan fingerprint density at radius 1 is 1.43 bits per heavy atom. The maximum Gasteiger partial charge on any atom is 0.343 e. The molecule has 3 heterocycles. The second kappa shape index (κ2) is 5.81. The van der Waals surface area contributed by atoms with E-state index >= 15 is 0 Å². The minimum absolute atomic E-state index is 0.0165. The first-order valence-electron chi connectivity index (χ1n) is 7.15. The number of pyridine rings is 1. The lowest BCUT2D eigenvalue weighted by Gasteiger charge is -2.07. The van der Waals surface area contributed by atoms with Gasteiger partial charge in [0.15, 0.2) is 5.65 Å². The van der Waals surface area contributed by atoms with E-state index in [-0.39, 0.29) is 12.2 Å². The van der Waals surface area contributed by atoms with E-state index in [1.54, 1.807) is 19.2 Å². The topological polar surface area (TPSA) is 98.7 Å². The van der Waals surface area contributed by atoms with Crippen LogP contribution in [0.3, 0.4) is 0 Å². The van der Waals surface area contributed by atoms with E-state index < -0.39 is 5.97 Å². The average molecular weight is 316 g/mol. The summed E-state index contributed by atoms with van der Waals surface area (Å²) in [5, 5.41) is 13.6. The normalized spacial score (nSPS) is 11.3. The zero-order valence-electron chi connectivity index (χ0n) is 12.8. The fraction of sp³-hybridized carbons (Fsp3) is 0.333. The molecule has 0 aromatic carbocycles. The Bertz CT molecular complexity index is 957. The molecule has 120 valence electrons. The van der Waals surface area contributed by atoms with Gasteiger partial charge in [-0.15, -0.1) is 0 Å². The molecule has 8 heteroatoms. The van der Waals surface area contributed by atoms with Crippen LogP contribution >= 0.6 is 0 Å². The van der Waals surface area contributed by atoms with Crippen LogP contribution in [0.2, 0.25) is 0 Å². The van der Waals surface area contributed by atoms with Crippen LogP contribution < -0.4 is 5.56 Å². The van der Waals surface area contributed by atoms with Crippen molar-refractivity contribution in [2.75, 3.05) is 13.7 Å². The highest BCUT2D eigenvalue weighted by atomic mass is 16.5. The van der Waals surface area contributed by atoms with Crippen LogP contribution in [0, 0.1) is 6.92 Å². The van der Waals surface area contributed by atoms with E-state index in [2.05, 4.69) is 10.1 Å². The first-order valence-corrected chi connectivity index (χ1v) is 7.15. The van der Waals surface area contributed by atoms with E-state index in [1.165, 1.54) is 22.4 Å². The van der Waals surface area contributed by atoms with Crippen molar-refractivity contribution in [3.05, 3.63) is 40.1 Å². The predicted octanol–water partition coefficient (Wildman–Crippen LogP) is 0.522. The van der Waals surface area contributed by atoms with Crippen LogP contribution in [0.4, 0.5) is 0 Å². The number of nitrogens with zero attached hydrogens (tertiary/aromatic N) is 4. The second-order valence-electron chi connectivity index (χ2n) is 5.14. The van der Waals surface area contributed by atoms with Gasteiger partial charge >= 0.3 is 5.97 Å². The van der Waals surface area contributed by atoms with Gasteiger partial charge in [0.05, 0.1) is 23.7 Å². The number of aliphatic hydroxyl groups is 1. The molecular formula is C15H16N4O4. The number of hydrogen-bond acceptors (Lipinski definition) is 6. The monoisotopic (exact) mass is 316 g/mol. The lowest BCUT2D eigenvalue weighted by atomic mass is 10.2. The molecule has 3 aromatic heterocycles. The number of hydrogen-bond donors (Lipinski definition) is 1. The predicted molar refractivity (Wildman–Crippen MR) is 82.5 cm³/mol. The third-order valence-corrected chi connectivity index (χ3v) is 3.71. The van der Waals surface area contributed by atoms with Crippen LogP contribution in [0.25, 0.3) is 16.6 Å². The third kappa shape index (κ3) is 2.36. The Labute approximate surface area is 130 Å². The van der Waals surface area contributed by atoms with E-state index in [0.717, 1.165) is 0 Å². The van der Waals surface area contributed by atoms with E-state index in [1.807, 2.05) is 0 Å². The van der Waals surface area contributed by atoms with Gasteiger partial charge in [0, 0.05) is 25.5 Å². The van der Waals surface area contributed by atoms with Gasteiger partial charge in [0.2, 0.25) is 0 Å². The molecule has 8 nitrogen and oxygen atoms in total. The molecule has 1 N–H and O–H groups in total. The Balaban J connectivity index is 2.27. The van der Waals surface area contributed by atoms with E-state index in [9.17, 15) is 9.59 Å². The average Bonchev–Trinajstić information content (AvgIpc) is 2.89. The quantitative estimate of drug-likeness (QED) is 0.705. The number of esters is 1. The van der Waals surface area contributed by atoms with Crippen molar-refractivity contribution >= 4 is 22.5 Å². The van der Waals surface area contributed by atoms with Crippen molar-refractivity contribution < 1.29 is 14.6 Å². The molecule has 0 saturated carbocycles. The molecule has 23 heavy (non-hydrogen) atoms. The van der Waals surface area contributed by atoms with Crippen molar-refractivity contribution in [1.82, 2.24) is 19.2 Å².